The lowest BCUT2D eigenvalue weighted by atomic mass is 10.2. The van der Waals surface area contributed by atoms with Crippen molar-refractivity contribution in [2.45, 2.75) is 0 Å². The molecule has 0 saturated heterocycles. The molecule has 2 heterocycles. The average molecular weight is 265 g/mol. The molecule has 2 aromatic heterocycles. The van der Waals surface area contributed by atoms with E-state index in [-0.39, 0.29) is 5.82 Å². The Kier molecular flexibility index (Phi) is 1.79. The summed E-state index contributed by atoms with van der Waals surface area (Å²) in [4.78, 5) is 7.30. The summed E-state index contributed by atoms with van der Waals surface area (Å²) < 4.78 is 14.0. The van der Waals surface area contributed by atoms with Crippen molar-refractivity contribution in [3.8, 4) is 0 Å². The first kappa shape index (κ1) is 8.85. The lowest BCUT2D eigenvalue weighted by Gasteiger charge is -1.92. The molecule has 1 N–H and O–H groups in total. The van der Waals surface area contributed by atoms with Crippen molar-refractivity contribution in [2.24, 2.45) is 0 Å². The predicted octanol–water partition coefficient (Wildman–Crippen LogP) is 3.62. The molecule has 0 amide bonds. The molecule has 0 aliphatic rings. The summed E-state index contributed by atoms with van der Waals surface area (Å²) in [6.45, 7) is 0. The molecule has 0 aliphatic carbocycles. The number of pyridine rings is 1. The van der Waals surface area contributed by atoms with E-state index in [1.807, 2.05) is 0 Å². The maximum atomic E-state index is 13.1. The molecule has 0 saturated carbocycles. The normalized spacial score (nSPS) is 11.3. The highest BCUT2D eigenvalue weighted by molar-refractivity contribution is 9.10. The summed E-state index contributed by atoms with van der Waals surface area (Å²) in [5.41, 5.74) is 1.87. The van der Waals surface area contributed by atoms with Gasteiger partial charge in [-0.2, -0.15) is 0 Å². The number of fused-ring (bicyclic) bond motifs is 3. The SMILES string of the molecule is Fc1ccc2[nH]c3c(Br)cncc3c2c1. The monoisotopic (exact) mass is 264 g/mol. The molecular formula is C11H6BrFN2. The Labute approximate surface area is 93.3 Å². The van der Waals surface area contributed by atoms with Crippen LogP contribution >= 0.6 is 15.9 Å². The highest BCUT2D eigenvalue weighted by Crippen LogP contribution is 2.29. The van der Waals surface area contributed by atoms with Crippen molar-refractivity contribution in [3.05, 3.63) is 40.9 Å². The minimum absolute atomic E-state index is 0.233. The molecule has 15 heavy (non-hydrogen) atoms. The zero-order chi connectivity index (χ0) is 10.4. The largest absolute Gasteiger partial charge is 0.353 e. The molecule has 3 aromatic rings. The van der Waals surface area contributed by atoms with Crippen molar-refractivity contribution >= 4 is 37.7 Å². The van der Waals surface area contributed by atoms with Gasteiger partial charge in [-0.25, -0.2) is 4.39 Å². The van der Waals surface area contributed by atoms with E-state index < -0.39 is 0 Å². The van der Waals surface area contributed by atoms with E-state index in [0.717, 1.165) is 26.3 Å². The van der Waals surface area contributed by atoms with Gasteiger partial charge >= 0.3 is 0 Å². The van der Waals surface area contributed by atoms with Gasteiger partial charge in [0.1, 0.15) is 5.82 Å². The number of benzene rings is 1. The number of aromatic amines is 1. The highest BCUT2D eigenvalue weighted by atomic mass is 79.9. The number of nitrogens with one attached hydrogen (secondary N) is 1. The van der Waals surface area contributed by atoms with Gasteiger partial charge in [-0.15, -0.1) is 0 Å². The second kappa shape index (κ2) is 3.03. The zero-order valence-corrected chi connectivity index (χ0v) is 9.18. The lowest BCUT2D eigenvalue weighted by Crippen LogP contribution is -1.74. The molecule has 0 bridgehead atoms. The summed E-state index contributed by atoms with van der Waals surface area (Å²) in [6.07, 6.45) is 3.45. The van der Waals surface area contributed by atoms with Gasteiger partial charge in [0.2, 0.25) is 0 Å². The van der Waals surface area contributed by atoms with Gasteiger partial charge in [-0.3, -0.25) is 4.98 Å². The first-order valence-corrected chi connectivity index (χ1v) is 5.25. The summed E-state index contributed by atoms with van der Waals surface area (Å²) in [5, 5.41) is 1.79. The van der Waals surface area contributed by atoms with E-state index in [2.05, 4.69) is 25.9 Å². The number of nitrogens with zero attached hydrogens (tertiary/aromatic N) is 1. The zero-order valence-electron chi connectivity index (χ0n) is 7.59. The van der Waals surface area contributed by atoms with Crippen LogP contribution in [0.2, 0.25) is 0 Å². The highest BCUT2D eigenvalue weighted by Gasteiger charge is 2.07. The van der Waals surface area contributed by atoms with E-state index in [1.165, 1.54) is 12.1 Å². The molecule has 0 atom stereocenters. The minimum atomic E-state index is -0.233. The molecular weight excluding hydrogens is 259 g/mol. The van der Waals surface area contributed by atoms with Crippen LogP contribution in [0.5, 0.6) is 0 Å². The van der Waals surface area contributed by atoms with Crippen LogP contribution in [0.3, 0.4) is 0 Å². The molecule has 4 heteroatoms. The fourth-order valence-electron chi connectivity index (χ4n) is 1.75. The van der Waals surface area contributed by atoms with Crippen LogP contribution in [0.4, 0.5) is 4.39 Å². The van der Waals surface area contributed by atoms with E-state index in [1.54, 1.807) is 18.5 Å². The number of aromatic nitrogens is 2. The van der Waals surface area contributed by atoms with Crippen molar-refractivity contribution in [3.63, 3.8) is 0 Å². The third kappa shape index (κ3) is 1.25. The summed E-state index contributed by atoms with van der Waals surface area (Å²) in [5.74, 6) is -0.233. The van der Waals surface area contributed by atoms with Gasteiger partial charge < -0.3 is 4.98 Å². The van der Waals surface area contributed by atoms with Crippen LogP contribution in [0.1, 0.15) is 0 Å². The summed E-state index contributed by atoms with van der Waals surface area (Å²) in [7, 11) is 0. The molecule has 3 rings (SSSR count). The molecule has 0 spiro atoms. The lowest BCUT2D eigenvalue weighted by molar-refractivity contribution is 0.630. The fraction of sp³-hybridized carbons (Fsp3) is 0. The maximum absolute atomic E-state index is 13.1. The van der Waals surface area contributed by atoms with Gasteiger partial charge in [-0.1, -0.05) is 0 Å². The molecule has 1 aromatic carbocycles. The molecule has 0 unspecified atom stereocenters. The van der Waals surface area contributed by atoms with Gasteiger partial charge in [0, 0.05) is 28.7 Å². The number of halogens is 2. The summed E-state index contributed by atoms with van der Waals surface area (Å²) in [6, 6.07) is 4.69. The van der Waals surface area contributed by atoms with Crippen LogP contribution in [0, 0.1) is 5.82 Å². The molecule has 0 aliphatic heterocycles. The van der Waals surface area contributed by atoms with Crippen LogP contribution in [-0.2, 0) is 0 Å². The van der Waals surface area contributed by atoms with Gasteiger partial charge in [0.05, 0.1) is 9.99 Å². The molecule has 0 radical (unpaired) electrons. The third-order valence-corrected chi connectivity index (χ3v) is 3.03. The number of rotatable bonds is 0. The Balaban J connectivity index is 2.58. The van der Waals surface area contributed by atoms with Crippen LogP contribution < -0.4 is 0 Å². The Morgan fingerprint density at radius 3 is 2.93 bits per heavy atom. The van der Waals surface area contributed by atoms with Gasteiger partial charge in [-0.05, 0) is 34.1 Å². The molecule has 74 valence electrons. The van der Waals surface area contributed by atoms with Crippen molar-refractivity contribution < 1.29 is 4.39 Å². The number of hydrogen-bond acceptors (Lipinski definition) is 1. The molecule has 2 nitrogen and oxygen atoms in total. The number of hydrogen-bond donors (Lipinski definition) is 1. The topological polar surface area (TPSA) is 28.7 Å². The van der Waals surface area contributed by atoms with Gasteiger partial charge in [0.25, 0.3) is 0 Å². The van der Waals surface area contributed by atoms with Gasteiger partial charge in [0.15, 0.2) is 0 Å². The first-order chi connectivity index (χ1) is 7.25. The number of H-pyrrole nitrogens is 1. The molecule has 0 fully saturated rings. The van der Waals surface area contributed by atoms with Crippen molar-refractivity contribution in [2.75, 3.05) is 0 Å². The Bertz CT molecular complexity index is 660. The fourth-order valence-corrected chi connectivity index (χ4v) is 2.18. The van der Waals surface area contributed by atoms with E-state index in [0.29, 0.717) is 0 Å². The van der Waals surface area contributed by atoms with E-state index in [4.69, 9.17) is 0 Å². The standard InChI is InChI=1S/C11H6BrFN2/c12-9-5-14-4-8-7-3-6(13)1-2-10(7)15-11(8)9/h1-5,15H. The van der Waals surface area contributed by atoms with Crippen LogP contribution in [-0.4, -0.2) is 9.97 Å². The Morgan fingerprint density at radius 1 is 1.20 bits per heavy atom. The van der Waals surface area contributed by atoms with Crippen LogP contribution in [0.15, 0.2) is 35.1 Å². The van der Waals surface area contributed by atoms with E-state index in [9.17, 15) is 4.39 Å². The minimum Gasteiger partial charge on any atom is -0.353 e. The predicted molar refractivity (Wildman–Crippen MR) is 61.3 cm³/mol. The second-order valence-corrected chi connectivity index (χ2v) is 4.21. The Hall–Kier alpha value is -1.42. The van der Waals surface area contributed by atoms with E-state index >= 15 is 0 Å². The smallest absolute Gasteiger partial charge is 0.123 e. The summed E-state index contributed by atoms with van der Waals surface area (Å²) >= 11 is 3.41. The average Bonchev–Trinajstić information content (AvgIpc) is 2.58. The Morgan fingerprint density at radius 2 is 2.07 bits per heavy atom. The third-order valence-electron chi connectivity index (χ3n) is 2.43. The van der Waals surface area contributed by atoms with Crippen molar-refractivity contribution in [1.82, 2.24) is 9.97 Å². The maximum Gasteiger partial charge on any atom is 0.123 e. The quantitative estimate of drug-likeness (QED) is 0.660. The second-order valence-electron chi connectivity index (χ2n) is 3.36. The first-order valence-electron chi connectivity index (χ1n) is 4.46. The van der Waals surface area contributed by atoms with Crippen molar-refractivity contribution in [1.29, 1.82) is 0 Å². The van der Waals surface area contributed by atoms with Crippen LogP contribution in [0.25, 0.3) is 21.8 Å².